The van der Waals surface area contributed by atoms with Gasteiger partial charge >= 0.3 is 0 Å². The first-order valence-electron chi connectivity index (χ1n) is 8.28. The van der Waals surface area contributed by atoms with Crippen LogP contribution < -0.4 is 0 Å². The highest BCUT2D eigenvalue weighted by Gasteiger charge is 2.17. The highest BCUT2D eigenvalue weighted by Crippen LogP contribution is 2.29. The molecule has 27 heavy (non-hydrogen) atoms. The number of rotatable bonds is 6. The summed E-state index contributed by atoms with van der Waals surface area (Å²) in [4.78, 5) is 15.3. The molecule has 0 saturated heterocycles. The molecule has 5 nitrogen and oxygen atoms in total. The summed E-state index contributed by atoms with van der Waals surface area (Å²) in [5, 5.41) is 10.0. The number of hydrogen-bond acceptors (Lipinski definition) is 4. The fourth-order valence-corrected chi connectivity index (χ4v) is 3.63. The van der Waals surface area contributed by atoms with Gasteiger partial charge in [-0.1, -0.05) is 41.6 Å². The van der Waals surface area contributed by atoms with Gasteiger partial charge in [-0.2, -0.15) is 0 Å². The average Bonchev–Trinajstić information content (AvgIpc) is 3.37. The summed E-state index contributed by atoms with van der Waals surface area (Å²) in [5.41, 5.74) is 2.42. The largest absolute Gasteiger partial charge is 0.359 e. The normalized spacial score (nSPS) is 10.9. The quantitative estimate of drug-likeness (QED) is 0.373. The number of nitrogens with zero attached hydrogens (tertiary/aromatic N) is 3. The van der Waals surface area contributed by atoms with Gasteiger partial charge < -0.3 is 4.98 Å². The van der Waals surface area contributed by atoms with Gasteiger partial charge in [-0.05, 0) is 48.5 Å². The van der Waals surface area contributed by atoms with Gasteiger partial charge in [0, 0.05) is 22.5 Å². The predicted molar refractivity (Wildman–Crippen MR) is 108 cm³/mol. The number of thioether (sulfide) groups is 1. The minimum Gasteiger partial charge on any atom is -0.359 e. The van der Waals surface area contributed by atoms with Crippen molar-refractivity contribution >= 4 is 29.1 Å². The summed E-state index contributed by atoms with van der Waals surface area (Å²) >= 11 is 7.37. The lowest BCUT2D eigenvalue weighted by molar-refractivity contribution is 0.101. The van der Waals surface area contributed by atoms with Crippen LogP contribution in [-0.4, -0.2) is 31.3 Å². The predicted octanol–water partition coefficient (Wildman–Crippen LogP) is 4.89. The first-order chi connectivity index (χ1) is 13.2. The molecule has 0 unspecified atom stereocenters. The van der Waals surface area contributed by atoms with Crippen LogP contribution >= 0.6 is 23.4 Å². The molecule has 0 amide bonds. The number of aromatic nitrogens is 4. The van der Waals surface area contributed by atoms with Crippen LogP contribution in [-0.2, 0) is 0 Å². The van der Waals surface area contributed by atoms with Crippen molar-refractivity contribution in [1.82, 2.24) is 19.7 Å². The molecule has 0 spiro atoms. The van der Waals surface area contributed by atoms with E-state index in [9.17, 15) is 4.79 Å². The van der Waals surface area contributed by atoms with Gasteiger partial charge in [-0.15, -0.1) is 10.2 Å². The lowest BCUT2D eigenvalue weighted by atomic mass is 10.2. The topological polar surface area (TPSA) is 63.6 Å². The summed E-state index contributed by atoms with van der Waals surface area (Å²) in [6.07, 6.45) is 1.74. The summed E-state index contributed by atoms with van der Waals surface area (Å²) in [6, 6.07) is 20.9. The molecule has 2 heterocycles. The van der Waals surface area contributed by atoms with E-state index in [1.165, 1.54) is 11.8 Å². The van der Waals surface area contributed by atoms with Crippen molar-refractivity contribution < 1.29 is 4.79 Å². The maximum absolute atomic E-state index is 12.3. The zero-order valence-corrected chi connectivity index (χ0v) is 15.7. The average molecular weight is 395 g/mol. The Kier molecular flexibility index (Phi) is 5.09. The molecule has 0 aliphatic rings. The summed E-state index contributed by atoms with van der Waals surface area (Å²) in [5.74, 6) is 0.986. The van der Waals surface area contributed by atoms with Crippen LogP contribution in [0.3, 0.4) is 0 Å². The molecule has 7 heteroatoms. The Labute approximate surface area is 165 Å². The summed E-state index contributed by atoms with van der Waals surface area (Å²) in [6.45, 7) is 0. The monoisotopic (exact) mass is 394 g/mol. The van der Waals surface area contributed by atoms with Gasteiger partial charge in [0.1, 0.15) is 0 Å². The number of H-pyrrole nitrogens is 1. The van der Waals surface area contributed by atoms with Crippen molar-refractivity contribution in [3.63, 3.8) is 0 Å². The van der Waals surface area contributed by atoms with Crippen molar-refractivity contribution in [2.75, 3.05) is 5.75 Å². The number of hydrogen-bond donors (Lipinski definition) is 1. The Balaban J connectivity index is 1.69. The number of carbonyl (C=O) groups excluding carboxylic acids is 1. The zero-order chi connectivity index (χ0) is 18.6. The smallest absolute Gasteiger partial charge is 0.196 e. The van der Waals surface area contributed by atoms with E-state index in [0.29, 0.717) is 21.7 Å². The van der Waals surface area contributed by atoms with Crippen molar-refractivity contribution in [2.45, 2.75) is 5.16 Å². The van der Waals surface area contributed by atoms with Crippen molar-refractivity contribution in [1.29, 1.82) is 0 Å². The molecule has 0 aliphatic carbocycles. The SMILES string of the molecule is O=C(CSc1nnc(-c2ccc(Cl)cc2)n1-c1ccccc1)c1ccc[nH]1. The van der Waals surface area contributed by atoms with Crippen LogP contribution in [0.4, 0.5) is 0 Å². The van der Waals surface area contributed by atoms with E-state index < -0.39 is 0 Å². The van der Waals surface area contributed by atoms with E-state index in [-0.39, 0.29) is 11.5 Å². The number of benzene rings is 2. The van der Waals surface area contributed by atoms with E-state index in [4.69, 9.17) is 11.6 Å². The molecule has 2 aromatic carbocycles. The minimum atomic E-state index is 0.0145. The van der Waals surface area contributed by atoms with Gasteiger partial charge in [-0.3, -0.25) is 9.36 Å². The fraction of sp³-hybridized carbons (Fsp3) is 0.0500. The molecule has 0 saturated carbocycles. The van der Waals surface area contributed by atoms with Crippen molar-refractivity contribution in [3.8, 4) is 17.1 Å². The van der Waals surface area contributed by atoms with Crippen LogP contribution in [0.1, 0.15) is 10.5 Å². The third kappa shape index (κ3) is 3.82. The van der Waals surface area contributed by atoms with Crippen molar-refractivity contribution in [2.24, 2.45) is 0 Å². The van der Waals surface area contributed by atoms with Crippen LogP contribution in [0, 0.1) is 0 Å². The third-order valence-corrected chi connectivity index (χ3v) is 5.16. The molecule has 2 aromatic heterocycles. The molecule has 4 aromatic rings. The molecule has 0 bridgehead atoms. The second-order valence-corrected chi connectivity index (χ2v) is 7.16. The third-order valence-electron chi connectivity index (χ3n) is 3.98. The Bertz CT molecular complexity index is 1040. The van der Waals surface area contributed by atoms with Crippen molar-refractivity contribution in [3.05, 3.63) is 83.6 Å². The molecule has 0 atom stereocenters. The number of halogens is 1. The molecule has 1 N–H and O–H groups in total. The van der Waals surface area contributed by atoms with Gasteiger partial charge in [0.05, 0.1) is 11.4 Å². The maximum atomic E-state index is 12.3. The van der Waals surface area contributed by atoms with Crippen LogP contribution in [0.2, 0.25) is 5.02 Å². The number of aromatic amines is 1. The zero-order valence-electron chi connectivity index (χ0n) is 14.2. The molecule has 4 rings (SSSR count). The van der Waals surface area contributed by atoms with E-state index >= 15 is 0 Å². The maximum Gasteiger partial charge on any atom is 0.196 e. The van der Waals surface area contributed by atoms with E-state index in [1.807, 2.05) is 65.2 Å². The van der Waals surface area contributed by atoms with E-state index in [0.717, 1.165) is 11.3 Å². The van der Waals surface area contributed by atoms with Crippen LogP contribution in [0.15, 0.2) is 78.1 Å². The first-order valence-corrected chi connectivity index (χ1v) is 9.65. The van der Waals surface area contributed by atoms with Gasteiger partial charge in [-0.25, -0.2) is 0 Å². The molecular formula is C20H15ClN4OS. The highest BCUT2D eigenvalue weighted by molar-refractivity contribution is 7.99. The van der Waals surface area contributed by atoms with E-state index in [1.54, 1.807) is 12.3 Å². The number of nitrogens with one attached hydrogen (secondary N) is 1. The first kappa shape index (κ1) is 17.6. The van der Waals surface area contributed by atoms with Gasteiger partial charge in [0.25, 0.3) is 0 Å². The molecule has 0 radical (unpaired) electrons. The minimum absolute atomic E-state index is 0.0145. The number of para-hydroxylation sites is 1. The lowest BCUT2D eigenvalue weighted by Crippen LogP contribution is -2.05. The number of Topliss-reactive ketones (excluding diaryl/α,β-unsaturated/α-hetero) is 1. The Hall–Kier alpha value is -2.83. The van der Waals surface area contributed by atoms with Gasteiger partial charge in [0.2, 0.25) is 0 Å². The summed E-state index contributed by atoms with van der Waals surface area (Å²) in [7, 11) is 0. The van der Waals surface area contributed by atoms with Gasteiger partial charge in [0.15, 0.2) is 16.8 Å². The fourth-order valence-electron chi connectivity index (χ4n) is 2.67. The van der Waals surface area contributed by atoms with Crippen LogP contribution in [0.25, 0.3) is 17.1 Å². The Morgan fingerprint density at radius 3 is 2.48 bits per heavy atom. The highest BCUT2D eigenvalue weighted by atomic mass is 35.5. The molecule has 0 fully saturated rings. The summed E-state index contributed by atoms with van der Waals surface area (Å²) < 4.78 is 1.95. The lowest BCUT2D eigenvalue weighted by Gasteiger charge is -2.10. The second kappa shape index (κ2) is 7.82. The van der Waals surface area contributed by atoms with E-state index in [2.05, 4.69) is 15.2 Å². The standard InChI is InChI=1S/C20H15ClN4OS/c21-15-10-8-14(9-11-15)19-23-24-20(25(19)16-5-2-1-3-6-16)27-13-18(26)17-7-4-12-22-17/h1-12,22H,13H2. The number of carbonyl (C=O) groups is 1. The second-order valence-electron chi connectivity index (χ2n) is 5.78. The molecule has 0 aliphatic heterocycles. The molecule has 134 valence electrons. The number of ketones is 1. The Morgan fingerprint density at radius 1 is 1.00 bits per heavy atom. The Morgan fingerprint density at radius 2 is 1.78 bits per heavy atom. The van der Waals surface area contributed by atoms with Crippen LogP contribution in [0.5, 0.6) is 0 Å². The molecular weight excluding hydrogens is 380 g/mol.